The van der Waals surface area contributed by atoms with E-state index in [0.29, 0.717) is 0 Å². The Kier molecular flexibility index (Phi) is 3.37. The minimum atomic E-state index is 0.858. The van der Waals surface area contributed by atoms with Gasteiger partial charge < -0.3 is 0 Å². The van der Waals surface area contributed by atoms with Crippen molar-refractivity contribution >= 4 is 17.4 Å². The number of nitrogens with zero attached hydrogens (tertiary/aromatic N) is 3. The highest BCUT2D eigenvalue weighted by Crippen LogP contribution is 2.26. The molecule has 0 N–H and O–H groups in total. The molecule has 0 unspecified atom stereocenters. The fourth-order valence-corrected chi connectivity index (χ4v) is 3.08. The first-order valence-electron chi connectivity index (χ1n) is 7.03. The van der Waals surface area contributed by atoms with Crippen LogP contribution < -0.4 is 0 Å². The van der Waals surface area contributed by atoms with E-state index in [9.17, 15) is 0 Å². The second-order valence-corrected chi connectivity index (χ2v) is 5.98. The average molecular weight is 303 g/mol. The molecule has 4 aromatic rings. The van der Waals surface area contributed by atoms with Gasteiger partial charge in [-0.15, -0.1) is 0 Å². The predicted octanol–water partition coefficient (Wildman–Crippen LogP) is 4.55. The van der Waals surface area contributed by atoms with Crippen LogP contribution in [0.15, 0.2) is 88.9 Å². The maximum atomic E-state index is 4.63. The number of hydrogen-bond donors (Lipinski definition) is 0. The van der Waals surface area contributed by atoms with Crippen molar-refractivity contribution < 1.29 is 0 Å². The number of aromatic nitrogens is 3. The Balaban J connectivity index is 1.69. The molecular formula is C18H13N3S. The first-order valence-corrected chi connectivity index (χ1v) is 7.85. The summed E-state index contributed by atoms with van der Waals surface area (Å²) in [4.78, 5) is 5.80. The van der Waals surface area contributed by atoms with E-state index in [-0.39, 0.29) is 0 Å². The summed E-state index contributed by atoms with van der Waals surface area (Å²) in [5.41, 5.74) is 2.90. The summed E-state index contributed by atoms with van der Waals surface area (Å²) in [6.07, 6.45) is 1.97. The van der Waals surface area contributed by atoms with Gasteiger partial charge in [-0.25, -0.2) is 9.50 Å². The molecule has 0 saturated heterocycles. The molecule has 0 amide bonds. The molecule has 3 nitrogen and oxygen atoms in total. The van der Waals surface area contributed by atoms with E-state index in [0.717, 1.165) is 21.9 Å². The second kappa shape index (κ2) is 5.66. The van der Waals surface area contributed by atoms with Crippen LogP contribution in [-0.4, -0.2) is 14.6 Å². The zero-order valence-electron chi connectivity index (χ0n) is 11.8. The zero-order chi connectivity index (χ0) is 14.8. The molecule has 0 fully saturated rings. The minimum Gasteiger partial charge on any atom is -0.227 e. The molecule has 0 aliphatic rings. The molecule has 2 aromatic carbocycles. The van der Waals surface area contributed by atoms with Crippen LogP contribution >= 0.6 is 11.8 Å². The highest BCUT2D eigenvalue weighted by Gasteiger charge is 2.06. The van der Waals surface area contributed by atoms with Gasteiger partial charge in [0.2, 0.25) is 0 Å². The Hall–Kier alpha value is -2.59. The Bertz CT molecular complexity index is 901. The van der Waals surface area contributed by atoms with E-state index in [1.54, 1.807) is 11.8 Å². The lowest BCUT2D eigenvalue weighted by Gasteiger charge is -2.00. The van der Waals surface area contributed by atoms with E-state index in [4.69, 9.17) is 0 Å². The van der Waals surface area contributed by atoms with Crippen LogP contribution in [0.4, 0.5) is 0 Å². The zero-order valence-corrected chi connectivity index (χ0v) is 12.6. The van der Waals surface area contributed by atoms with Crippen LogP contribution in [0.1, 0.15) is 0 Å². The average Bonchev–Trinajstić information content (AvgIpc) is 3.00. The fraction of sp³-hybridized carbons (Fsp3) is 0. The van der Waals surface area contributed by atoms with E-state index in [2.05, 4.69) is 34.3 Å². The molecule has 2 aromatic heterocycles. The Labute approximate surface area is 132 Å². The van der Waals surface area contributed by atoms with Gasteiger partial charge in [0.1, 0.15) is 5.03 Å². The Morgan fingerprint density at radius 3 is 2.27 bits per heavy atom. The third kappa shape index (κ3) is 2.61. The molecule has 4 rings (SSSR count). The van der Waals surface area contributed by atoms with E-state index >= 15 is 0 Å². The van der Waals surface area contributed by atoms with Gasteiger partial charge in [0.25, 0.3) is 0 Å². The second-order valence-electron chi connectivity index (χ2n) is 4.88. The van der Waals surface area contributed by atoms with Gasteiger partial charge in [-0.2, -0.15) is 5.10 Å². The molecule has 0 spiro atoms. The van der Waals surface area contributed by atoms with Gasteiger partial charge in [0, 0.05) is 10.5 Å². The molecule has 4 heteroatoms. The van der Waals surface area contributed by atoms with Gasteiger partial charge >= 0.3 is 0 Å². The maximum absolute atomic E-state index is 4.63. The van der Waals surface area contributed by atoms with E-state index in [1.807, 2.05) is 59.2 Å². The standard InChI is InChI=1S/C18H13N3S/c1-3-7-14(8-4-1)16-13-21-17(19-16)11-12-18(20-21)22-15-9-5-2-6-10-15/h1-13H. The molecule has 0 aliphatic carbocycles. The summed E-state index contributed by atoms with van der Waals surface area (Å²) in [6.45, 7) is 0. The quantitative estimate of drug-likeness (QED) is 0.556. The van der Waals surface area contributed by atoms with Crippen molar-refractivity contribution in [1.82, 2.24) is 14.6 Å². The monoisotopic (exact) mass is 303 g/mol. The summed E-state index contributed by atoms with van der Waals surface area (Å²) in [5.74, 6) is 0. The maximum Gasteiger partial charge on any atom is 0.154 e. The third-order valence-corrected chi connectivity index (χ3v) is 4.27. The van der Waals surface area contributed by atoms with Crippen molar-refractivity contribution in [1.29, 1.82) is 0 Å². The number of fused-ring (bicyclic) bond motifs is 1. The fourth-order valence-electron chi connectivity index (χ4n) is 2.28. The summed E-state index contributed by atoms with van der Waals surface area (Å²) in [5, 5.41) is 5.59. The van der Waals surface area contributed by atoms with Crippen LogP contribution in [0.2, 0.25) is 0 Å². The highest BCUT2D eigenvalue weighted by atomic mass is 32.2. The third-order valence-electron chi connectivity index (χ3n) is 3.33. The Morgan fingerprint density at radius 1 is 0.773 bits per heavy atom. The Morgan fingerprint density at radius 2 is 1.50 bits per heavy atom. The summed E-state index contributed by atoms with van der Waals surface area (Å²) in [6, 6.07) is 24.4. The van der Waals surface area contributed by atoms with Gasteiger partial charge in [0.15, 0.2) is 5.65 Å². The van der Waals surface area contributed by atoms with Crippen molar-refractivity contribution in [2.75, 3.05) is 0 Å². The SMILES string of the molecule is c1ccc(Sc2ccc3nc(-c4ccccc4)cn3n2)cc1. The van der Waals surface area contributed by atoms with E-state index in [1.165, 1.54) is 4.90 Å². The molecule has 0 atom stereocenters. The van der Waals surface area contributed by atoms with Gasteiger partial charge in [-0.3, -0.25) is 0 Å². The largest absolute Gasteiger partial charge is 0.227 e. The number of rotatable bonds is 3. The van der Waals surface area contributed by atoms with Crippen LogP contribution in [0.25, 0.3) is 16.9 Å². The molecule has 0 bridgehead atoms. The van der Waals surface area contributed by atoms with Crippen molar-refractivity contribution in [3.63, 3.8) is 0 Å². The van der Waals surface area contributed by atoms with Crippen molar-refractivity contribution in [3.05, 3.63) is 79.0 Å². The summed E-state index contributed by atoms with van der Waals surface area (Å²) in [7, 11) is 0. The molecule has 2 heterocycles. The normalized spacial score (nSPS) is 10.9. The topological polar surface area (TPSA) is 30.2 Å². The summed E-state index contributed by atoms with van der Waals surface area (Å²) >= 11 is 1.65. The van der Waals surface area contributed by atoms with Crippen molar-refractivity contribution in [2.24, 2.45) is 0 Å². The van der Waals surface area contributed by atoms with E-state index < -0.39 is 0 Å². The number of benzene rings is 2. The molecule has 0 aliphatic heterocycles. The lowest BCUT2D eigenvalue weighted by molar-refractivity contribution is 0.859. The van der Waals surface area contributed by atoms with Gasteiger partial charge in [0.05, 0.1) is 11.9 Å². The lowest BCUT2D eigenvalue weighted by atomic mass is 10.2. The van der Waals surface area contributed by atoms with Crippen LogP contribution in [0, 0.1) is 0 Å². The smallest absolute Gasteiger partial charge is 0.154 e. The molecule has 106 valence electrons. The minimum absolute atomic E-state index is 0.858. The van der Waals surface area contributed by atoms with Crippen LogP contribution in [0.3, 0.4) is 0 Å². The summed E-state index contributed by atoms with van der Waals surface area (Å²) < 4.78 is 1.84. The molecule has 22 heavy (non-hydrogen) atoms. The molecule has 0 radical (unpaired) electrons. The highest BCUT2D eigenvalue weighted by molar-refractivity contribution is 7.99. The van der Waals surface area contributed by atoms with Crippen molar-refractivity contribution in [2.45, 2.75) is 9.92 Å². The molecule has 0 saturated carbocycles. The lowest BCUT2D eigenvalue weighted by Crippen LogP contribution is -1.91. The number of hydrogen-bond acceptors (Lipinski definition) is 3. The first-order chi connectivity index (χ1) is 10.9. The van der Waals surface area contributed by atoms with Crippen LogP contribution in [-0.2, 0) is 0 Å². The van der Waals surface area contributed by atoms with Crippen molar-refractivity contribution in [3.8, 4) is 11.3 Å². The van der Waals surface area contributed by atoms with Gasteiger partial charge in [-0.05, 0) is 24.3 Å². The first kappa shape index (κ1) is 13.1. The molecular weight excluding hydrogens is 290 g/mol. The predicted molar refractivity (Wildman–Crippen MR) is 89.0 cm³/mol. The van der Waals surface area contributed by atoms with Gasteiger partial charge in [-0.1, -0.05) is 60.3 Å². The van der Waals surface area contributed by atoms with Crippen LogP contribution in [0.5, 0.6) is 0 Å². The number of imidazole rings is 1.